The number of nitrogens with zero attached hydrogens (tertiary/aromatic N) is 1. The first-order valence-electron chi connectivity index (χ1n) is 10.4. The standard InChI is InChI=1S/C26H23ClN2O3S/c1-29-22-16-19(25(30)28-14-13-17-3-8-20(27)9-4-17)7-12-23(22)33-24(26(29)31)15-18-5-10-21(32-2)11-6-18/h3-12,15-16H,13-14H2,1-2H3,(H,28,30)/b24-15-. The van der Waals surface area contributed by atoms with Gasteiger partial charge in [-0.1, -0.05) is 47.6 Å². The molecular formula is C26H23ClN2O3S. The van der Waals surface area contributed by atoms with Gasteiger partial charge in [0.2, 0.25) is 0 Å². The fourth-order valence-corrected chi connectivity index (χ4v) is 4.68. The topological polar surface area (TPSA) is 58.6 Å². The Kier molecular flexibility index (Phi) is 7.06. The molecule has 0 bridgehead atoms. The van der Waals surface area contributed by atoms with Crippen LogP contribution in [0.1, 0.15) is 21.5 Å². The highest BCUT2D eigenvalue weighted by atomic mass is 35.5. The number of hydrogen-bond acceptors (Lipinski definition) is 4. The molecule has 33 heavy (non-hydrogen) atoms. The maximum absolute atomic E-state index is 13.0. The van der Waals surface area contributed by atoms with E-state index in [2.05, 4.69) is 5.32 Å². The second-order valence-corrected chi connectivity index (χ2v) is 9.08. The van der Waals surface area contributed by atoms with Gasteiger partial charge in [0.1, 0.15) is 5.75 Å². The number of amides is 2. The number of ether oxygens (including phenoxy) is 1. The highest BCUT2D eigenvalue weighted by Gasteiger charge is 2.27. The number of anilines is 1. The lowest BCUT2D eigenvalue weighted by atomic mass is 10.1. The Hall–Kier alpha value is -3.22. The fourth-order valence-electron chi connectivity index (χ4n) is 3.46. The van der Waals surface area contributed by atoms with Gasteiger partial charge in [0.25, 0.3) is 11.8 Å². The summed E-state index contributed by atoms with van der Waals surface area (Å²) < 4.78 is 5.19. The van der Waals surface area contributed by atoms with E-state index in [0.717, 1.165) is 27.5 Å². The van der Waals surface area contributed by atoms with E-state index in [1.165, 1.54) is 11.8 Å². The van der Waals surface area contributed by atoms with Gasteiger partial charge in [0.05, 0.1) is 17.7 Å². The molecule has 0 saturated heterocycles. The highest BCUT2D eigenvalue weighted by Crippen LogP contribution is 2.42. The van der Waals surface area contributed by atoms with E-state index in [1.807, 2.05) is 60.7 Å². The van der Waals surface area contributed by atoms with Crippen LogP contribution >= 0.6 is 23.4 Å². The predicted octanol–water partition coefficient (Wildman–Crippen LogP) is 5.43. The number of carbonyl (C=O) groups excluding carboxylic acids is 2. The van der Waals surface area contributed by atoms with E-state index in [0.29, 0.717) is 28.5 Å². The minimum atomic E-state index is -0.169. The van der Waals surface area contributed by atoms with Crippen LogP contribution in [-0.2, 0) is 11.2 Å². The zero-order valence-corrected chi connectivity index (χ0v) is 19.9. The third kappa shape index (κ3) is 5.41. The van der Waals surface area contributed by atoms with E-state index >= 15 is 0 Å². The first kappa shape index (κ1) is 23.0. The molecule has 0 radical (unpaired) electrons. The van der Waals surface area contributed by atoms with Crippen molar-refractivity contribution < 1.29 is 14.3 Å². The van der Waals surface area contributed by atoms with Gasteiger partial charge in [0.15, 0.2) is 0 Å². The van der Waals surface area contributed by atoms with Gasteiger partial charge in [-0.05, 0) is 66.1 Å². The molecule has 1 aliphatic rings. The van der Waals surface area contributed by atoms with Crippen molar-refractivity contribution in [1.82, 2.24) is 5.32 Å². The average Bonchev–Trinajstić information content (AvgIpc) is 2.84. The quantitative estimate of drug-likeness (QED) is 0.480. The number of rotatable bonds is 6. The molecule has 0 saturated carbocycles. The van der Waals surface area contributed by atoms with Crippen LogP contribution in [0.3, 0.4) is 0 Å². The van der Waals surface area contributed by atoms with Gasteiger partial charge in [-0.2, -0.15) is 0 Å². The molecule has 3 aromatic carbocycles. The molecule has 0 atom stereocenters. The fraction of sp³-hybridized carbons (Fsp3) is 0.154. The summed E-state index contributed by atoms with van der Waals surface area (Å²) in [6, 6.07) is 20.6. The molecule has 0 spiro atoms. The van der Waals surface area contributed by atoms with Gasteiger partial charge >= 0.3 is 0 Å². The smallest absolute Gasteiger partial charge is 0.264 e. The summed E-state index contributed by atoms with van der Waals surface area (Å²) in [5.41, 5.74) is 3.26. The van der Waals surface area contributed by atoms with Crippen molar-refractivity contribution in [1.29, 1.82) is 0 Å². The van der Waals surface area contributed by atoms with Crippen LogP contribution < -0.4 is 15.0 Å². The van der Waals surface area contributed by atoms with E-state index in [9.17, 15) is 9.59 Å². The van der Waals surface area contributed by atoms with E-state index < -0.39 is 0 Å². The summed E-state index contributed by atoms with van der Waals surface area (Å²) in [7, 11) is 3.35. The van der Waals surface area contributed by atoms with Crippen LogP contribution in [0.25, 0.3) is 6.08 Å². The largest absolute Gasteiger partial charge is 0.497 e. The Balaban J connectivity index is 1.45. The normalized spacial score (nSPS) is 14.2. The van der Waals surface area contributed by atoms with Crippen LogP contribution in [0.4, 0.5) is 5.69 Å². The molecule has 0 fully saturated rings. The van der Waals surface area contributed by atoms with Gasteiger partial charge in [0, 0.05) is 29.1 Å². The SMILES string of the molecule is COc1ccc(/C=C2\Sc3ccc(C(=O)NCCc4ccc(Cl)cc4)cc3N(C)C2=O)cc1. The van der Waals surface area contributed by atoms with E-state index in [1.54, 1.807) is 31.2 Å². The lowest BCUT2D eigenvalue weighted by Gasteiger charge is -2.27. The number of thioether (sulfide) groups is 1. The van der Waals surface area contributed by atoms with Crippen molar-refractivity contribution in [2.45, 2.75) is 11.3 Å². The second kappa shape index (κ2) is 10.1. The molecule has 0 aliphatic carbocycles. The van der Waals surface area contributed by atoms with Gasteiger partial charge < -0.3 is 15.0 Å². The number of fused-ring (bicyclic) bond motifs is 1. The van der Waals surface area contributed by atoms with Gasteiger partial charge in [-0.15, -0.1) is 0 Å². The number of methoxy groups -OCH3 is 1. The lowest BCUT2D eigenvalue weighted by Crippen LogP contribution is -2.31. The lowest BCUT2D eigenvalue weighted by molar-refractivity contribution is -0.114. The number of benzene rings is 3. The van der Waals surface area contributed by atoms with Gasteiger partial charge in [-0.3, -0.25) is 9.59 Å². The summed E-state index contributed by atoms with van der Waals surface area (Å²) >= 11 is 7.32. The molecule has 3 aromatic rings. The summed E-state index contributed by atoms with van der Waals surface area (Å²) in [5.74, 6) is 0.488. The number of hydrogen-bond donors (Lipinski definition) is 1. The molecule has 1 heterocycles. The Labute approximate surface area is 202 Å². The van der Waals surface area contributed by atoms with Crippen molar-refractivity contribution in [3.8, 4) is 5.75 Å². The summed E-state index contributed by atoms with van der Waals surface area (Å²) in [5, 5.41) is 3.63. The molecule has 1 N–H and O–H groups in total. The number of likely N-dealkylation sites (N-methyl/N-ethyl adjacent to an activating group) is 1. The predicted molar refractivity (Wildman–Crippen MR) is 134 cm³/mol. The monoisotopic (exact) mass is 478 g/mol. The second-order valence-electron chi connectivity index (χ2n) is 7.56. The van der Waals surface area contributed by atoms with Crippen LogP contribution in [0.2, 0.25) is 5.02 Å². The van der Waals surface area contributed by atoms with Crippen LogP contribution in [-0.4, -0.2) is 32.5 Å². The molecule has 0 unspecified atom stereocenters. The molecule has 7 heteroatoms. The Morgan fingerprint density at radius 3 is 2.52 bits per heavy atom. The molecular weight excluding hydrogens is 456 g/mol. The molecule has 4 rings (SSSR count). The maximum atomic E-state index is 13.0. The third-order valence-corrected chi connectivity index (χ3v) is 6.67. The van der Waals surface area contributed by atoms with Crippen LogP contribution in [0.5, 0.6) is 5.75 Å². The Morgan fingerprint density at radius 1 is 1.09 bits per heavy atom. The Morgan fingerprint density at radius 2 is 1.82 bits per heavy atom. The maximum Gasteiger partial charge on any atom is 0.264 e. The minimum Gasteiger partial charge on any atom is -0.497 e. The zero-order valence-electron chi connectivity index (χ0n) is 18.3. The molecule has 2 amide bonds. The highest BCUT2D eigenvalue weighted by molar-refractivity contribution is 8.04. The van der Waals surface area contributed by atoms with E-state index in [-0.39, 0.29) is 11.8 Å². The van der Waals surface area contributed by atoms with Crippen LogP contribution in [0, 0.1) is 0 Å². The van der Waals surface area contributed by atoms with Crippen molar-refractivity contribution in [3.05, 3.63) is 93.3 Å². The molecule has 5 nitrogen and oxygen atoms in total. The molecule has 1 aliphatic heterocycles. The zero-order chi connectivity index (χ0) is 23.4. The average molecular weight is 479 g/mol. The van der Waals surface area contributed by atoms with Crippen molar-refractivity contribution in [2.75, 3.05) is 25.6 Å². The number of carbonyl (C=O) groups is 2. The summed E-state index contributed by atoms with van der Waals surface area (Å²) in [4.78, 5) is 28.7. The molecule has 0 aromatic heterocycles. The van der Waals surface area contributed by atoms with E-state index in [4.69, 9.17) is 16.3 Å². The van der Waals surface area contributed by atoms with Crippen molar-refractivity contribution in [2.24, 2.45) is 0 Å². The first-order valence-corrected chi connectivity index (χ1v) is 11.6. The third-order valence-electron chi connectivity index (χ3n) is 5.34. The minimum absolute atomic E-state index is 0.108. The van der Waals surface area contributed by atoms with Crippen molar-refractivity contribution in [3.63, 3.8) is 0 Å². The van der Waals surface area contributed by atoms with Crippen molar-refractivity contribution >= 4 is 46.9 Å². The summed E-state index contributed by atoms with van der Waals surface area (Å²) in [6.45, 7) is 0.510. The number of nitrogens with one attached hydrogen (secondary N) is 1. The Bertz CT molecular complexity index is 1210. The van der Waals surface area contributed by atoms with Crippen LogP contribution in [0.15, 0.2) is 76.5 Å². The summed E-state index contributed by atoms with van der Waals surface area (Å²) in [6.07, 6.45) is 2.57. The molecule has 168 valence electrons. The van der Waals surface area contributed by atoms with Gasteiger partial charge in [-0.25, -0.2) is 0 Å². The first-order chi connectivity index (χ1) is 15.9. The number of halogens is 1.